The molecule has 7 heteroatoms. The van der Waals surface area contributed by atoms with E-state index in [0.717, 1.165) is 67.8 Å². The van der Waals surface area contributed by atoms with Gasteiger partial charge < -0.3 is 23.5 Å². The van der Waals surface area contributed by atoms with Crippen molar-refractivity contribution in [2.45, 2.75) is 52.9 Å². The van der Waals surface area contributed by atoms with Crippen LogP contribution in [-0.4, -0.2) is 28.0 Å². The summed E-state index contributed by atoms with van der Waals surface area (Å²) in [5.74, 6) is 4.26. The van der Waals surface area contributed by atoms with E-state index in [4.69, 9.17) is 23.9 Å². The van der Waals surface area contributed by atoms with E-state index >= 15 is 0 Å². The number of nitrogens with zero attached hydrogens (tertiary/aromatic N) is 3. The van der Waals surface area contributed by atoms with Gasteiger partial charge in [0.05, 0.1) is 11.9 Å². The van der Waals surface area contributed by atoms with Crippen molar-refractivity contribution in [1.82, 2.24) is 14.5 Å². The van der Waals surface area contributed by atoms with E-state index in [2.05, 4.69) is 71.8 Å². The largest absolute Gasteiger partial charge is 0.454 e. The first-order valence-electron chi connectivity index (χ1n) is 13.3. The third-order valence-electron chi connectivity index (χ3n) is 7.13. The van der Waals surface area contributed by atoms with Crippen molar-refractivity contribution in [3.63, 3.8) is 0 Å². The van der Waals surface area contributed by atoms with E-state index in [0.29, 0.717) is 0 Å². The van der Waals surface area contributed by atoms with Crippen molar-refractivity contribution in [2.24, 2.45) is 0 Å². The zero-order valence-electron chi connectivity index (χ0n) is 22.0. The van der Waals surface area contributed by atoms with Crippen LogP contribution in [0.25, 0.3) is 11.4 Å². The Labute approximate surface area is 223 Å². The van der Waals surface area contributed by atoms with Crippen molar-refractivity contribution in [1.29, 1.82) is 0 Å². The van der Waals surface area contributed by atoms with E-state index in [-0.39, 0.29) is 13.6 Å². The van der Waals surface area contributed by atoms with Crippen molar-refractivity contribution in [3.8, 4) is 34.4 Å². The quantitative estimate of drug-likeness (QED) is 0.248. The Bertz CT molecular complexity index is 1370. The molecule has 0 amide bonds. The maximum Gasteiger partial charge on any atom is 0.231 e. The van der Waals surface area contributed by atoms with Gasteiger partial charge in [-0.2, -0.15) is 0 Å². The molecule has 0 fully saturated rings. The number of aryl methyl sites for hydroxylation is 1. The number of unbranched alkanes of at least 4 members (excludes halogenated alkanes) is 1. The molecule has 2 aliphatic rings. The molecule has 3 aromatic carbocycles. The Balaban J connectivity index is 1.32. The van der Waals surface area contributed by atoms with E-state index in [1.165, 1.54) is 27.9 Å². The van der Waals surface area contributed by atoms with Crippen LogP contribution in [0.15, 0.2) is 66.9 Å². The lowest BCUT2D eigenvalue weighted by Crippen LogP contribution is -2.24. The Kier molecular flexibility index (Phi) is 6.92. The number of ether oxygens (including phenoxy) is 4. The van der Waals surface area contributed by atoms with Crippen LogP contribution in [0.2, 0.25) is 0 Å². The van der Waals surface area contributed by atoms with Crippen molar-refractivity contribution < 1.29 is 18.9 Å². The molecule has 0 saturated heterocycles. The molecule has 0 unspecified atom stereocenters. The van der Waals surface area contributed by atoms with Gasteiger partial charge in [0.15, 0.2) is 23.0 Å². The minimum atomic E-state index is 0.276. The van der Waals surface area contributed by atoms with Crippen molar-refractivity contribution in [3.05, 3.63) is 89.2 Å². The normalized spacial score (nSPS) is 13.4. The Hall–Kier alpha value is -3.97. The molecule has 0 bridgehead atoms. The number of fused-ring (bicyclic) bond motifs is 2. The van der Waals surface area contributed by atoms with Gasteiger partial charge in [0.1, 0.15) is 5.82 Å². The second kappa shape index (κ2) is 10.8. The summed E-state index contributed by atoms with van der Waals surface area (Å²) in [6.07, 6.45) is 4.28. The van der Waals surface area contributed by atoms with E-state index in [9.17, 15) is 0 Å². The van der Waals surface area contributed by atoms with Crippen LogP contribution in [-0.2, 0) is 26.2 Å². The summed E-state index contributed by atoms with van der Waals surface area (Å²) in [5, 5.41) is 0. The highest BCUT2D eigenvalue weighted by Gasteiger charge is 2.20. The third-order valence-corrected chi connectivity index (χ3v) is 7.13. The van der Waals surface area contributed by atoms with Crippen LogP contribution < -0.4 is 18.9 Å². The maximum atomic E-state index is 5.65. The molecule has 38 heavy (non-hydrogen) atoms. The third kappa shape index (κ3) is 5.07. The van der Waals surface area contributed by atoms with Crippen LogP contribution in [0.5, 0.6) is 23.0 Å². The summed E-state index contributed by atoms with van der Waals surface area (Å²) < 4.78 is 24.8. The van der Waals surface area contributed by atoms with E-state index in [1.807, 2.05) is 18.3 Å². The molecule has 2 aliphatic heterocycles. The number of imidazole rings is 1. The first-order chi connectivity index (χ1) is 18.7. The number of hydrogen-bond donors (Lipinski definition) is 0. The van der Waals surface area contributed by atoms with Crippen LogP contribution in [0, 0.1) is 6.92 Å². The molecule has 0 spiro atoms. The van der Waals surface area contributed by atoms with Gasteiger partial charge in [0.25, 0.3) is 0 Å². The number of benzene rings is 3. The number of hydrogen-bond acceptors (Lipinski definition) is 6. The van der Waals surface area contributed by atoms with Crippen molar-refractivity contribution in [2.75, 3.05) is 13.6 Å². The lowest BCUT2D eigenvalue weighted by Gasteiger charge is -2.24. The SMILES string of the molecule is CCCCn1c(CN(Cc2ccc3c(c2)OCO3)Cc2ccc3c(c2)OCO3)cnc1-c1ccccc1C. The summed E-state index contributed by atoms with van der Waals surface area (Å²) in [6.45, 7) is 8.14. The zero-order chi connectivity index (χ0) is 25.9. The molecule has 0 N–H and O–H groups in total. The first-order valence-corrected chi connectivity index (χ1v) is 13.3. The maximum absolute atomic E-state index is 5.65. The minimum Gasteiger partial charge on any atom is -0.454 e. The van der Waals surface area contributed by atoms with Gasteiger partial charge in [-0.3, -0.25) is 4.90 Å². The van der Waals surface area contributed by atoms with Crippen LogP contribution in [0.1, 0.15) is 42.1 Å². The predicted molar refractivity (Wildman–Crippen MR) is 145 cm³/mol. The highest BCUT2D eigenvalue weighted by molar-refractivity contribution is 5.60. The molecule has 0 atom stereocenters. The molecule has 1 aromatic heterocycles. The Morgan fingerprint density at radius 1 is 0.789 bits per heavy atom. The van der Waals surface area contributed by atoms with Gasteiger partial charge in [-0.25, -0.2) is 4.98 Å². The first kappa shape index (κ1) is 24.4. The Morgan fingerprint density at radius 3 is 2.05 bits per heavy atom. The van der Waals surface area contributed by atoms with Gasteiger partial charge >= 0.3 is 0 Å². The van der Waals surface area contributed by atoms with Gasteiger partial charge in [-0.1, -0.05) is 49.7 Å². The van der Waals surface area contributed by atoms with Crippen LogP contribution in [0.3, 0.4) is 0 Å². The molecule has 6 rings (SSSR count). The fraction of sp³-hybridized carbons (Fsp3) is 0.323. The predicted octanol–water partition coefficient (Wildman–Crippen LogP) is 6.32. The monoisotopic (exact) mass is 511 g/mol. The second-order valence-electron chi connectivity index (χ2n) is 9.91. The molecule has 0 aliphatic carbocycles. The lowest BCUT2D eigenvalue weighted by atomic mass is 10.1. The average molecular weight is 512 g/mol. The standard InChI is InChI=1S/C31H33N3O4/c1-3-4-13-34-25(16-32-31(34)26-8-6-5-7-22(26)2)19-33(17-23-9-11-27-29(14-23)37-20-35-27)18-24-10-12-28-30(15-24)38-21-36-28/h5-12,14-16H,3-4,13,17-21H2,1-2H3. The molecule has 196 valence electrons. The van der Waals surface area contributed by atoms with Crippen LogP contribution in [0.4, 0.5) is 0 Å². The minimum absolute atomic E-state index is 0.276. The highest BCUT2D eigenvalue weighted by atomic mass is 16.7. The molecular weight excluding hydrogens is 478 g/mol. The van der Waals surface area contributed by atoms with Gasteiger partial charge in [0, 0.05) is 31.7 Å². The lowest BCUT2D eigenvalue weighted by molar-refractivity contribution is 0.173. The molecule has 4 aromatic rings. The van der Waals surface area contributed by atoms with E-state index < -0.39 is 0 Å². The highest BCUT2D eigenvalue weighted by Crippen LogP contribution is 2.35. The average Bonchev–Trinajstić information content (AvgIpc) is 3.67. The van der Waals surface area contributed by atoms with E-state index in [1.54, 1.807) is 0 Å². The van der Waals surface area contributed by atoms with Crippen LogP contribution >= 0.6 is 0 Å². The molecule has 3 heterocycles. The van der Waals surface area contributed by atoms with Gasteiger partial charge in [-0.15, -0.1) is 0 Å². The molecular formula is C31H33N3O4. The topological polar surface area (TPSA) is 58.0 Å². The summed E-state index contributed by atoms with van der Waals surface area (Å²) in [4.78, 5) is 7.37. The fourth-order valence-corrected chi connectivity index (χ4v) is 5.13. The molecule has 7 nitrogen and oxygen atoms in total. The second-order valence-corrected chi connectivity index (χ2v) is 9.91. The smallest absolute Gasteiger partial charge is 0.231 e. The summed E-state index contributed by atoms with van der Waals surface area (Å²) in [5.41, 5.74) is 5.98. The summed E-state index contributed by atoms with van der Waals surface area (Å²) >= 11 is 0. The number of aromatic nitrogens is 2. The summed E-state index contributed by atoms with van der Waals surface area (Å²) in [6, 6.07) is 20.9. The number of rotatable bonds is 10. The Morgan fingerprint density at radius 2 is 1.42 bits per heavy atom. The fourth-order valence-electron chi connectivity index (χ4n) is 5.13. The zero-order valence-corrected chi connectivity index (χ0v) is 22.0. The van der Waals surface area contributed by atoms with Gasteiger partial charge in [0.2, 0.25) is 13.6 Å². The molecule has 0 radical (unpaired) electrons. The van der Waals surface area contributed by atoms with Gasteiger partial charge in [-0.05, 0) is 54.3 Å². The van der Waals surface area contributed by atoms with Crippen molar-refractivity contribution >= 4 is 0 Å². The summed E-state index contributed by atoms with van der Waals surface area (Å²) in [7, 11) is 0. The molecule has 0 saturated carbocycles.